The molecular formula is C8H8FIN2O3. The lowest BCUT2D eigenvalue weighted by molar-refractivity contribution is 0.262. The highest BCUT2D eigenvalue weighted by Gasteiger charge is 2.10. The van der Waals surface area contributed by atoms with E-state index in [9.17, 15) is 14.0 Å². The molecule has 0 saturated carbocycles. The number of amides is 1. The number of carbonyl (C=O) groups is 1. The van der Waals surface area contributed by atoms with Crippen LogP contribution in [0.15, 0.2) is 10.9 Å². The minimum atomic E-state index is -0.776. The second-order valence-electron chi connectivity index (χ2n) is 2.62. The standard InChI is InChI=1S/C8H8FIN2O3/c1-15-7-4(3-11-8(10)14)5(13)2-6(9)12-7/h2H,3H2,1H3,(H,11,14)(H,12,13). The second kappa shape index (κ2) is 5.10. The molecule has 1 rings (SSSR count). The number of nitrogens with one attached hydrogen (secondary N) is 2. The van der Waals surface area contributed by atoms with Gasteiger partial charge in [0.05, 0.1) is 19.2 Å². The lowest BCUT2D eigenvalue weighted by atomic mass is 10.2. The molecule has 0 atom stereocenters. The maximum absolute atomic E-state index is 12.8. The summed E-state index contributed by atoms with van der Waals surface area (Å²) in [7, 11) is 1.31. The third kappa shape index (κ3) is 3.18. The molecule has 0 unspecified atom stereocenters. The molecule has 0 saturated heterocycles. The number of hydrogen-bond donors (Lipinski definition) is 2. The van der Waals surface area contributed by atoms with Gasteiger partial charge in [0, 0.05) is 28.7 Å². The van der Waals surface area contributed by atoms with Gasteiger partial charge in [0.2, 0.25) is 5.88 Å². The molecule has 1 heterocycles. The molecule has 0 aliphatic rings. The van der Waals surface area contributed by atoms with Crippen molar-refractivity contribution in [2.24, 2.45) is 0 Å². The molecule has 0 aliphatic heterocycles. The molecule has 5 nitrogen and oxygen atoms in total. The smallest absolute Gasteiger partial charge is 0.280 e. The number of halogens is 2. The van der Waals surface area contributed by atoms with Crippen molar-refractivity contribution in [1.82, 2.24) is 10.3 Å². The Kier molecular flexibility index (Phi) is 4.06. The molecule has 7 heteroatoms. The lowest BCUT2D eigenvalue weighted by Gasteiger charge is -2.07. The zero-order valence-electron chi connectivity index (χ0n) is 7.77. The summed E-state index contributed by atoms with van der Waals surface area (Å²) < 4.78 is 17.3. The Balaban J connectivity index is 3.04. The molecule has 1 aromatic rings. The Morgan fingerprint density at radius 2 is 2.40 bits per heavy atom. The van der Waals surface area contributed by atoms with Crippen molar-refractivity contribution >= 4 is 26.5 Å². The van der Waals surface area contributed by atoms with Gasteiger partial charge < -0.3 is 15.0 Å². The fourth-order valence-corrected chi connectivity index (χ4v) is 1.22. The van der Waals surface area contributed by atoms with Crippen molar-refractivity contribution in [1.29, 1.82) is 0 Å². The van der Waals surface area contributed by atoms with Crippen molar-refractivity contribution in [2.45, 2.75) is 6.54 Å². The van der Waals surface area contributed by atoms with Crippen LogP contribution in [-0.4, -0.2) is 16.0 Å². The molecule has 82 valence electrons. The van der Waals surface area contributed by atoms with Gasteiger partial charge in [-0.05, 0) is 0 Å². The van der Waals surface area contributed by atoms with Crippen LogP contribution in [0.25, 0.3) is 0 Å². The molecule has 1 aromatic heterocycles. The van der Waals surface area contributed by atoms with Gasteiger partial charge in [0.25, 0.3) is 3.91 Å². The van der Waals surface area contributed by atoms with E-state index in [1.54, 1.807) is 0 Å². The Morgan fingerprint density at radius 3 is 2.93 bits per heavy atom. The fourth-order valence-electron chi connectivity index (χ4n) is 1.03. The zero-order chi connectivity index (χ0) is 11.4. The third-order valence-electron chi connectivity index (χ3n) is 1.67. The number of H-pyrrole nitrogens is 1. The molecule has 2 N–H and O–H groups in total. The van der Waals surface area contributed by atoms with Crippen molar-refractivity contribution in [3.8, 4) is 5.88 Å². The second-order valence-corrected chi connectivity index (χ2v) is 3.60. The number of aromatic nitrogens is 1. The number of carbonyl (C=O) groups excluding carboxylic acids is 1. The number of methoxy groups -OCH3 is 1. The monoisotopic (exact) mass is 326 g/mol. The molecular weight excluding hydrogens is 318 g/mol. The van der Waals surface area contributed by atoms with Crippen LogP contribution in [-0.2, 0) is 6.54 Å². The Hall–Kier alpha value is -1.12. The minimum absolute atomic E-state index is 0.000556. The predicted molar refractivity (Wildman–Crippen MR) is 59.8 cm³/mol. The van der Waals surface area contributed by atoms with Crippen LogP contribution in [0.2, 0.25) is 0 Å². The molecule has 0 fully saturated rings. The third-order valence-corrected chi connectivity index (χ3v) is 2.05. The predicted octanol–water partition coefficient (Wildman–Crippen LogP) is 1.17. The largest absolute Gasteiger partial charge is 0.482 e. The van der Waals surface area contributed by atoms with E-state index in [1.807, 2.05) is 0 Å². The van der Waals surface area contributed by atoms with Crippen molar-refractivity contribution < 1.29 is 13.9 Å². The van der Waals surface area contributed by atoms with E-state index >= 15 is 0 Å². The number of rotatable bonds is 3. The maximum Gasteiger partial charge on any atom is 0.280 e. The van der Waals surface area contributed by atoms with Gasteiger partial charge in [0.1, 0.15) is 0 Å². The SMILES string of the molecule is COc1[nH]c(F)cc(=O)c1CNC(=O)I. The van der Waals surface area contributed by atoms with Crippen molar-refractivity contribution in [3.05, 3.63) is 27.8 Å². The maximum atomic E-state index is 12.8. The van der Waals surface area contributed by atoms with Gasteiger partial charge in [-0.15, -0.1) is 0 Å². The molecule has 0 radical (unpaired) electrons. The average Bonchev–Trinajstić information content (AvgIpc) is 2.14. The Bertz CT molecular complexity index is 432. The number of hydrogen-bond acceptors (Lipinski definition) is 3. The van der Waals surface area contributed by atoms with Gasteiger partial charge in [0.15, 0.2) is 11.4 Å². The van der Waals surface area contributed by atoms with E-state index in [0.29, 0.717) is 0 Å². The van der Waals surface area contributed by atoms with E-state index in [2.05, 4.69) is 10.3 Å². The summed E-state index contributed by atoms with van der Waals surface area (Å²) in [5, 5.41) is 2.42. The summed E-state index contributed by atoms with van der Waals surface area (Å²) in [5.74, 6) is -0.758. The lowest BCUT2D eigenvalue weighted by Crippen LogP contribution is -2.22. The number of aromatic amines is 1. The summed E-state index contributed by atoms with van der Waals surface area (Å²) in [6, 6.07) is 0.803. The highest BCUT2D eigenvalue weighted by Crippen LogP contribution is 2.10. The van der Waals surface area contributed by atoms with Crippen LogP contribution in [0, 0.1) is 5.95 Å². The Labute approximate surface area is 98.2 Å². The van der Waals surface area contributed by atoms with Crippen LogP contribution in [0.4, 0.5) is 9.18 Å². The molecule has 0 bridgehead atoms. The van der Waals surface area contributed by atoms with Gasteiger partial charge in [-0.3, -0.25) is 9.59 Å². The van der Waals surface area contributed by atoms with Crippen LogP contribution in [0.3, 0.4) is 0 Å². The van der Waals surface area contributed by atoms with Gasteiger partial charge >= 0.3 is 0 Å². The van der Waals surface area contributed by atoms with E-state index in [4.69, 9.17) is 4.74 Å². The van der Waals surface area contributed by atoms with Crippen molar-refractivity contribution in [3.63, 3.8) is 0 Å². The summed E-state index contributed by atoms with van der Waals surface area (Å²) in [6.07, 6.45) is 0. The summed E-state index contributed by atoms with van der Waals surface area (Å²) in [4.78, 5) is 24.2. The van der Waals surface area contributed by atoms with Crippen molar-refractivity contribution in [2.75, 3.05) is 7.11 Å². The number of ether oxygens (including phenoxy) is 1. The van der Waals surface area contributed by atoms with Gasteiger partial charge in [-0.1, -0.05) is 0 Å². The first-order valence-corrected chi connectivity index (χ1v) is 5.01. The first kappa shape index (κ1) is 12.0. The first-order chi connectivity index (χ1) is 7.04. The topological polar surface area (TPSA) is 71.2 Å². The van der Waals surface area contributed by atoms with E-state index in [0.717, 1.165) is 6.07 Å². The highest BCUT2D eigenvalue weighted by atomic mass is 127. The fraction of sp³-hybridized carbons (Fsp3) is 0.250. The molecule has 15 heavy (non-hydrogen) atoms. The highest BCUT2D eigenvalue weighted by molar-refractivity contribution is 14.1. The van der Waals surface area contributed by atoms with E-state index < -0.39 is 11.4 Å². The van der Waals surface area contributed by atoms with Gasteiger partial charge in [-0.25, -0.2) is 0 Å². The summed E-state index contributed by atoms with van der Waals surface area (Å²) >= 11 is 1.53. The summed E-state index contributed by atoms with van der Waals surface area (Å²) in [6.45, 7) is 0.000556. The van der Waals surface area contributed by atoms with E-state index in [1.165, 1.54) is 29.7 Å². The molecule has 1 amide bonds. The van der Waals surface area contributed by atoms with E-state index in [-0.39, 0.29) is 21.9 Å². The van der Waals surface area contributed by atoms with Crippen LogP contribution >= 0.6 is 22.6 Å². The summed E-state index contributed by atoms with van der Waals surface area (Å²) in [5.41, 5.74) is -0.336. The Morgan fingerprint density at radius 1 is 1.73 bits per heavy atom. The molecule has 0 spiro atoms. The first-order valence-electron chi connectivity index (χ1n) is 3.93. The minimum Gasteiger partial charge on any atom is -0.482 e. The number of pyridine rings is 1. The quantitative estimate of drug-likeness (QED) is 0.379. The van der Waals surface area contributed by atoms with Gasteiger partial charge in [-0.2, -0.15) is 4.39 Å². The average molecular weight is 326 g/mol. The molecule has 0 aromatic carbocycles. The normalized spacial score (nSPS) is 9.80. The molecule has 0 aliphatic carbocycles. The zero-order valence-corrected chi connectivity index (χ0v) is 9.92. The van der Waals surface area contributed by atoms with Crippen LogP contribution < -0.4 is 15.5 Å². The van der Waals surface area contributed by atoms with Crippen LogP contribution in [0.1, 0.15) is 5.56 Å². The van der Waals surface area contributed by atoms with Crippen LogP contribution in [0.5, 0.6) is 5.88 Å².